The van der Waals surface area contributed by atoms with E-state index in [9.17, 15) is 4.79 Å². The van der Waals surface area contributed by atoms with Crippen molar-refractivity contribution in [2.24, 2.45) is 0 Å². The van der Waals surface area contributed by atoms with E-state index in [1.54, 1.807) is 24.3 Å². The third-order valence-electron chi connectivity index (χ3n) is 3.09. The van der Waals surface area contributed by atoms with Gasteiger partial charge in [0.2, 0.25) is 0 Å². The molecule has 0 spiro atoms. The lowest BCUT2D eigenvalue weighted by atomic mass is 10.2. The summed E-state index contributed by atoms with van der Waals surface area (Å²) in [6.07, 6.45) is 1.02. The number of hydrogen-bond donors (Lipinski definition) is 1. The number of para-hydroxylation sites is 2. The maximum atomic E-state index is 12.4. The van der Waals surface area contributed by atoms with Gasteiger partial charge < -0.3 is 14.8 Å². The van der Waals surface area contributed by atoms with Gasteiger partial charge in [0.05, 0.1) is 18.4 Å². The van der Waals surface area contributed by atoms with Crippen molar-refractivity contribution in [3.05, 3.63) is 54.1 Å². The van der Waals surface area contributed by atoms with Crippen LogP contribution in [0.2, 0.25) is 0 Å². The van der Waals surface area contributed by atoms with Crippen molar-refractivity contribution in [1.29, 1.82) is 0 Å². The summed E-state index contributed by atoms with van der Waals surface area (Å²) in [5.74, 6) is 1.26. The minimum absolute atomic E-state index is 0.109. The molecule has 0 saturated carbocycles. The summed E-state index contributed by atoms with van der Waals surface area (Å²) in [5, 5.41) is 2.89. The molecule has 0 unspecified atom stereocenters. The molecule has 0 aromatic heterocycles. The lowest BCUT2D eigenvalue weighted by Gasteiger charge is -2.13. The number of carbonyl (C=O) groups excluding carboxylic acids is 1. The van der Waals surface area contributed by atoms with E-state index in [1.807, 2.05) is 45.0 Å². The summed E-state index contributed by atoms with van der Waals surface area (Å²) in [6, 6.07) is 14.5. The minimum atomic E-state index is -0.173. The zero-order chi connectivity index (χ0) is 16.7. The third-order valence-corrected chi connectivity index (χ3v) is 3.09. The van der Waals surface area contributed by atoms with Crippen LogP contribution in [0.4, 0.5) is 5.69 Å². The second kappa shape index (κ2) is 8.22. The van der Waals surface area contributed by atoms with Crippen molar-refractivity contribution in [3.8, 4) is 11.5 Å². The molecule has 2 aromatic carbocycles. The van der Waals surface area contributed by atoms with Gasteiger partial charge in [-0.15, -0.1) is 0 Å². The van der Waals surface area contributed by atoms with Crippen LogP contribution in [0.15, 0.2) is 48.5 Å². The number of ether oxygens (including phenoxy) is 2. The van der Waals surface area contributed by atoms with E-state index in [4.69, 9.17) is 9.47 Å². The number of carbonyl (C=O) groups is 1. The zero-order valence-corrected chi connectivity index (χ0v) is 13.8. The van der Waals surface area contributed by atoms with Crippen LogP contribution in [0, 0.1) is 0 Å². The normalized spacial score (nSPS) is 10.4. The fraction of sp³-hybridized carbons (Fsp3) is 0.316. The van der Waals surface area contributed by atoms with Crippen LogP contribution in [0.5, 0.6) is 11.5 Å². The average Bonchev–Trinajstić information content (AvgIpc) is 2.54. The Balaban J connectivity index is 2.07. The highest BCUT2D eigenvalue weighted by Gasteiger charge is 2.10. The van der Waals surface area contributed by atoms with Gasteiger partial charge in [0.15, 0.2) is 0 Å². The highest BCUT2D eigenvalue weighted by Crippen LogP contribution is 2.25. The largest absolute Gasteiger partial charge is 0.491 e. The van der Waals surface area contributed by atoms with E-state index in [-0.39, 0.29) is 12.0 Å². The molecule has 0 bridgehead atoms. The lowest BCUT2D eigenvalue weighted by Crippen LogP contribution is -2.13. The van der Waals surface area contributed by atoms with Gasteiger partial charge >= 0.3 is 0 Å². The van der Waals surface area contributed by atoms with Gasteiger partial charge in [0.1, 0.15) is 11.5 Å². The molecule has 0 atom stereocenters. The second-order valence-electron chi connectivity index (χ2n) is 5.49. The van der Waals surface area contributed by atoms with Crippen LogP contribution in [0.3, 0.4) is 0 Å². The molecule has 0 saturated heterocycles. The molecular weight excluding hydrogens is 290 g/mol. The van der Waals surface area contributed by atoms with Crippen LogP contribution < -0.4 is 14.8 Å². The second-order valence-corrected chi connectivity index (χ2v) is 5.49. The fourth-order valence-electron chi connectivity index (χ4n) is 2.06. The van der Waals surface area contributed by atoms with E-state index >= 15 is 0 Å². The Hall–Kier alpha value is -2.49. The van der Waals surface area contributed by atoms with Crippen LogP contribution >= 0.6 is 0 Å². The Morgan fingerprint density at radius 1 is 1.09 bits per heavy atom. The molecule has 1 N–H and O–H groups in total. The number of rotatable bonds is 7. The van der Waals surface area contributed by atoms with Gasteiger partial charge in [0, 0.05) is 5.56 Å². The summed E-state index contributed by atoms with van der Waals surface area (Å²) >= 11 is 0. The van der Waals surface area contributed by atoms with E-state index in [1.165, 1.54) is 0 Å². The highest BCUT2D eigenvalue weighted by molar-refractivity contribution is 6.05. The van der Waals surface area contributed by atoms with Gasteiger partial charge in [-0.25, -0.2) is 0 Å². The van der Waals surface area contributed by atoms with Crippen LogP contribution in [-0.2, 0) is 0 Å². The summed E-state index contributed by atoms with van der Waals surface area (Å²) < 4.78 is 11.2. The van der Waals surface area contributed by atoms with E-state index in [2.05, 4.69) is 5.32 Å². The Morgan fingerprint density at radius 2 is 1.78 bits per heavy atom. The van der Waals surface area contributed by atoms with E-state index < -0.39 is 0 Å². The molecule has 23 heavy (non-hydrogen) atoms. The average molecular weight is 313 g/mol. The molecule has 0 fully saturated rings. The molecular formula is C19H23NO3. The molecule has 122 valence electrons. The molecule has 4 heteroatoms. The van der Waals surface area contributed by atoms with Gasteiger partial charge in [0.25, 0.3) is 5.91 Å². The van der Waals surface area contributed by atoms with Crippen molar-refractivity contribution in [3.63, 3.8) is 0 Å². The molecule has 4 nitrogen and oxygen atoms in total. The highest BCUT2D eigenvalue weighted by atomic mass is 16.5. The third kappa shape index (κ3) is 5.02. The maximum absolute atomic E-state index is 12.4. The van der Waals surface area contributed by atoms with Crippen molar-refractivity contribution < 1.29 is 14.3 Å². The standard InChI is InChI=1S/C19H23NO3/c1-4-13-22-18-8-6-5-7-17(18)20-19(21)15-9-11-16(12-10-15)23-14(2)3/h5-12,14H,4,13H2,1-3H3,(H,20,21). The monoisotopic (exact) mass is 313 g/mol. The van der Waals surface area contributed by atoms with Crippen molar-refractivity contribution >= 4 is 11.6 Å². The predicted octanol–water partition coefficient (Wildman–Crippen LogP) is 4.51. The zero-order valence-electron chi connectivity index (χ0n) is 13.8. The minimum Gasteiger partial charge on any atom is -0.491 e. The molecule has 0 heterocycles. The maximum Gasteiger partial charge on any atom is 0.255 e. The van der Waals surface area contributed by atoms with E-state index in [0.29, 0.717) is 23.6 Å². The molecule has 0 aliphatic heterocycles. The molecule has 0 aliphatic carbocycles. The van der Waals surface area contributed by atoms with Crippen LogP contribution in [0.1, 0.15) is 37.6 Å². The quantitative estimate of drug-likeness (QED) is 0.818. The molecule has 1 amide bonds. The van der Waals surface area contributed by atoms with Gasteiger partial charge in [-0.3, -0.25) is 4.79 Å². The Morgan fingerprint density at radius 3 is 2.43 bits per heavy atom. The smallest absolute Gasteiger partial charge is 0.255 e. The van der Waals surface area contributed by atoms with Gasteiger partial charge in [-0.1, -0.05) is 19.1 Å². The van der Waals surface area contributed by atoms with Crippen LogP contribution in [-0.4, -0.2) is 18.6 Å². The van der Waals surface area contributed by atoms with Crippen molar-refractivity contribution in [1.82, 2.24) is 0 Å². The molecule has 2 aromatic rings. The SMILES string of the molecule is CCCOc1ccccc1NC(=O)c1ccc(OC(C)C)cc1. The molecule has 0 aliphatic rings. The predicted molar refractivity (Wildman–Crippen MR) is 92.4 cm³/mol. The Labute approximate surface area is 137 Å². The van der Waals surface area contributed by atoms with Crippen molar-refractivity contribution in [2.45, 2.75) is 33.3 Å². The van der Waals surface area contributed by atoms with Gasteiger partial charge in [-0.05, 0) is 56.7 Å². The summed E-state index contributed by atoms with van der Waals surface area (Å²) in [5.41, 5.74) is 1.25. The van der Waals surface area contributed by atoms with E-state index in [0.717, 1.165) is 12.2 Å². The molecule has 2 rings (SSSR count). The number of nitrogens with one attached hydrogen (secondary N) is 1. The fourth-order valence-corrected chi connectivity index (χ4v) is 2.06. The number of anilines is 1. The molecule has 0 radical (unpaired) electrons. The number of amides is 1. The summed E-state index contributed by atoms with van der Waals surface area (Å²) in [6.45, 7) is 6.60. The summed E-state index contributed by atoms with van der Waals surface area (Å²) in [4.78, 5) is 12.4. The lowest BCUT2D eigenvalue weighted by molar-refractivity contribution is 0.102. The van der Waals surface area contributed by atoms with Gasteiger partial charge in [-0.2, -0.15) is 0 Å². The van der Waals surface area contributed by atoms with Crippen LogP contribution in [0.25, 0.3) is 0 Å². The summed E-state index contributed by atoms with van der Waals surface area (Å²) in [7, 11) is 0. The first-order valence-corrected chi connectivity index (χ1v) is 7.90. The first-order valence-electron chi connectivity index (χ1n) is 7.90. The Kier molecular flexibility index (Phi) is 6.03. The number of benzene rings is 2. The first kappa shape index (κ1) is 16.9. The first-order chi connectivity index (χ1) is 11.1. The van der Waals surface area contributed by atoms with Crippen molar-refractivity contribution in [2.75, 3.05) is 11.9 Å². The topological polar surface area (TPSA) is 47.6 Å². The Bertz CT molecular complexity index is 635. The number of hydrogen-bond acceptors (Lipinski definition) is 3.